The van der Waals surface area contributed by atoms with Crippen LogP contribution in [0.5, 0.6) is 5.75 Å². The number of carbonyl (C=O) groups excluding carboxylic acids is 2. The fourth-order valence-corrected chi connectivity index (χ4v) is 11.3. The summed E-state index contributed by atoms with van der Waals surface area (Å²) in [5.74, 6) is 0.949. The van der Waals surface area contributed by atoms with Crippen LogP contribution in [-0.4, -0.2) is 79.2 Å². The van der Waals surface area contributed by atoms with Gasteiger partial charge in [0, 0.05) is 59.7 Å². The molecule has 0 radical (unpaired) electrons. The number of nitrogens with one attached hydrogen (secondary N) is 1. The topological polar surface area (TPSA) is 101 Å². The van der Waals surface area contributed by atoms with Crippen LogP contribution in [0.15, 0.2) is 36.4 Å². The maximum Gasteiger partial charge on any atom is 0.264 e. The Morgan fingerprint density at radius 1 is 0.957 bits per heavy atom. The molecule has 2 amide bonds. The Balaban J connectivity index is 1.21. The number of hydrogen-bond acceptors (Lipinski definition) is 6. The number of aromatic nitrogens is 1. The molecule has 9 nitrogen and oxygen atoms in total. The molecule has 1 N–H and O–H groups in total. The Bertz CT molecular complexity index is 1910. The molecule has 4 heterocycles. The van der Waals surface area contributed by atoms with E-state index in [4.69, 9.17) is 4.74 Å². The molecule has 2 bridgehead atoms. The van der Waals surface area contributed by atoms with Crippen LogP contribution < -0.4 is 9.46 Å². The number of amides is 2. The molecule has 5 fully saturated rings. The van der Waals surface area contributed by atoms with Crippen LogP contribution in [0, 0.1) is 5.41 Å². The fourth-order valence-electron chi connectivity index (χ4n) is 9.78. The molecule has 47 heavy (non-hydrogen) atoms. The number of rotatable bonds is 6. The molecular formula is C37H44N4O5S. The van der Waals surface area contributed by atoms with E-state index >= 15 is 0 Å². The van der Waals surface area contributed by atoms with Gasteiger partial charge in [0.15, 0.2) is 0 Å². The molecule has 3 aliphatic heterocycles. The Morgan fingerprint density at radius 2 is 1.72 bits per heavy atom. The van der Waals surface area contributed by atoms with Crippen LogP contribution in [0.2, 0.25) is 0 Å². The van der Waals surface area contributed by atoms with Gasteiger partial charge >= 0.3 is 0 Å². The number of fused-ring (bicyclic) bond motifs is 9. The van der Waals surface area contributed by atoms with E-state index in [9.17, 15) is 18.0 Å². The van der Waals surface area contributed by atoms with Gasteiger partial charge in [-0.15, -0.1) is 0 Å². The molecule has 1 aromatic heterocycles. The largest absolute Gasteiger partial charge is 0.497 e. The molecule has 4 unspecified atom stereocenters. The van der Waals surface area contributed by atoms with Crippen molar-refractivity contribution in [2.45, 2.75) is 99.9 Å². The predicted molar refractivity (Wildman–Crippen MR) is 180 cm³/mol. The first-order chi connectivity index (χ1) is 22.7. The molecule has 3 saturated carbocycles. The normalized spacial score (nSPS) is 28.7. The number of benzene rings is 2. The smallest absolute Gasteiger partial charge is 0.264 e. The van der Waals surface area contributed by atoms with Gasteiger partial charge in [0.1, 0.15) is 5.75 Å². The van der Waals surface area contributed by atoms with Gasteiger partial charge in [-0.1, -0.05) is 31.7 Å². The van der Waals surface area contributed by atoms with Crippen molar-refractivity contribution in [2.75, 3.05) is 27.2 Å². The van der Waals surface area contributed by atoms with Gasteiger partial charge in [0.2, 0.25) is 15.9 Å². The van der Waals surface area contributed by atoms with E-state index in [0.717, 1.165) is 73.1 Å². The highest BCUT2D eigenvalue weighted by molar-refractivity contribution is 7.90. The predicted octanol–water partition coefficient (Wildman–Crippen LogP) is 5.38. The minimum absolute atomic E-state index is 0.0902. The number of piperidine rings is 1. The summed E-state index contributed by atoms with van der Waals surface area (Å²) in [5, 5.41) is 0.612. The maximum atomic E-state index is 14.8. The Labute approximate surface area is 276 Å². The van der Waals surface area contributed by atoms with Crippen LogP contribution in [0.4, 0.5) is 0 Å². The van der Waals surface area contributed by atoms with Crippen molar-refractivity contribution < 1.29 is 22.7 Å². The monoisotopic (exact) mass is 656 g/mol. The van der Waals surface area contributed by atoms with E-state index in [1.54, 1.807) is 13.2 Å². The second kappa shape index (κ2) is 10.6. The van der Waals surface area contributed by atoms with Crippen LogP contribution in [0.3, 0.4) is 0 Å². The second-order valence-corrected chi connectivity index (χ2v) is 17.2. The van der Waals surface area contributed by atoms with Crippen LogP contribution >= 0.6 is 0 Å². The van der Waals surface area contributed by atoms with Gasteiger partial charge < -0.3 is 19.1 Å². The lowest BCUT2D eigenvalue weighted by atomic mass is 9.81. The van der Waals surface area contributed by atoms with Gasteiger partial charge in [-0.3, -0.25) is 9.59 Å². The van der Waals surface area contributed by atoms with Crippen molar-refractivity contribution in [1.82, 2.24) is 19.1 Å². The summed E-state index contributed by atoms with van der Waals surface area (Å²) < 4.78 is 36.3. The zero-order valence-corrected chi connectivity index (χ0v) is 28.2. The SMILES string of the molecule is COc1ccc2c(c1)C1CC1(C(=O)N1C3CC1CN(C)C3)Cn1c-2c(C2CCCCC2)c2ccc(C(=O)NS(=O)(=O)C3CCC3)cc21. The van der Waals surface area contributed by atoms with E-state index in [1.807, 2.05) is 18.2 Å². The summed E-state index contributed by atoms with van der Waals surface area (Å²) in [6.45, 7) is 2.38. The minimum Gasteiger partial charge on any atom is -0.497 e. The van der Waals surface area contributed by atoms with E-state index in [-0.39, 0.29) is 23.9 Å². The van der Waals surface area contributed by atoms with Gasteiger partial charge in [0.05, 0.1) is 23.5 Å². The number of ether oxygens (including phenoxy) is 1. The maximum absolute atomic E-state index is 14.8. The van der Waals surface area contributed by atoms with Crippen LogP contribution in [0.1, 0.15) is 97.5 Å². The third-order valence-corrected chi connectivity index (χ3v) is 14.4. The number of hydrogen-bond donors (Lipinski definition) is 1. The quantitative estimate of drug-likeness (QED) is 0.383. The Kier molecular flexibility index (Phi) is 6.69. The summed E-state index contributed by atoms with van der Waals surface area (Å²) in [4.78, 5) is 32.8. The standard InChI is InChI=1S/C37H44N4O5S/c1-39-19-24-16-25(20-39)41(24)36(43)37-18-31(37)30-17-26(46-2)12-14-28(30)34-33(22-7-4-3-5-8-22)29-13-11-23(15-32(29)40(34)21-37)35(42)38-47(44,45)27-9-6-10-27/h11-15,17,22,24-25,27,31H,3-10,16,18-21H2,1-2H3,(H,38,42). The van der Waals surface area contributed by atoms with Crippen LogP contribution in [-0.2, 0) is 21.4 Å². The van der Waals surface area contributed by atoms with Gasteiger partial charge in [-0.2, -0.15) is 0 Å². The van der Waals surface area contributed by atoms with Gasteiger partial charge in [-0.05, 0) is 92.9 Å². The summed E-state index contributed by atoms with van der Waals surface area (Å²) in [7, 11) is 0.122. The van der Waals surface area contributed by atoms with Crippen molar-refractivity contribution in [3.05, 3.63) is 53.1 Å². The highest BCUT2D eigenvalue weighted by Gasteiger charge is 2.66. The molecule has 2 aromatic carbocycles. The molecule has 10 heteroatoms. The average molecular weight is 657 g/mol. The van der Waals surface area contributed by atoms with Gasteiger partial charge in [-0.25, -0.2) is 13.1 Å². The number of carbonyl (C=O) groups is 2. The lowest BCUT2D eigenvalue weighted by Gasteiger charge is -2.56. The van der Waals surface area contributed by atoms with E-state index in [1.165, 1.54) is 30.4 Å². The zero-order chi connectivity index (χ0) is 32.2. The van der Waals surface area contributed by atoms with E-state index in [2.05, 4.69) is 38.3 Å². The average Bonchev–Trinajstić information content (AvgIpc) is 3.70. The number of piperazine rings is 1. The molecule has 3 aromatic rings. The molecule has 4 atom stereocenters. The highest BCUT2D eigenvalue weighted by atomic mass is 32.2. The lowest BCUT2D eigenvalue weighted by Crippen LogP contribution is -2.70. The summed E-state index contributed by atoms with van der Waals surface area (Å²) in [5.41, 5.74) is 5.49. The minimum atomic E-state index is -3.72. The molecule has 0 spiro atoms. The molecule has 9 rings (SSSR count). The van der Waals surface area contributed by atoms with Crippen molar-refractivity contribution in [3.8, 4) is 17.0 Å². The van der Waals surface area contributed by atoms with E-state index < -0.39 is 26.6 Å². The highest BCUT2D eigenvalue weighted by Crippen LogP contribution is 2.67. The molecule has 2 saturated heterocycles. The summed E-state index contributed by atoms with van der Waals surface area (Å²) in [6, 6.07) is 12.6. The second-order valence-electron chi connectivity index (χ2n) is 15.3. The fraction of sp³-hybridized carbons (Fsp3) is 0.568. The molecule has 248 valence electrons. The van der Waals surface area contributed by atoms with Gasteiger partial charge in [0.25, 0.3) is 5.91 Å². The lowest BCUT2D eigenvalue weighted by molar-refractivity contribution is -0.159. The van der Waals surface area contributed by atoms with Crippen molar-refractivity contribution in [3.63, 3.8) is 0 Å². The summed E-state index contributed by atoms with van der Waals surface area (Å²) >= 11 is 0. The zero-order valence-electron chi connectivity index (χ0n) is 27.3. The molecule has 6 aliphatic rings. The number of likely N-dealkylation sites (tertiary alicyclic amines) is 2. The Morgan fingerprint density at radius 3 is 2.43 bits per heavy atom. The van der Waals surface area contributed by atoms with Crippen molar-refractivity contribution in [1.29, 1.82) is 0 Å². The third-order valence-electron chi connectivity index (χ3n) is 12.5. The number of methoxy groups -OCH3 is 1. The molecule has 3 aliphatic carbocycles. The third kappa shape index (κ3) is 4.46. The first-order valence-electron chi connectivity index (χ1n) is 17.6. The molecular weight excluding hydrogens is 612 g/mol. The first kappa shape index (κ1) is 29.7. The number of sulfonamides is 1. The van der Waals surface area contributed by atoms with Crippen molar-refractivity contribution >= 4 is 32.7 Å². The first-order valence-corrected chi connectivity index (χ1v) is 19.1. The Hall–Kier alpha value is -3.37. The van der Waals surface area contributed by atoms with Crippen molar-refractivity contribution in [2.24, 2.45) is 5.41 Å². The van der Waals surface area contributed by atoms with Crippen LogP contribution in [0.25, 0.3) is 22.2 Å². The van der Waals surface area contributed by atoms with E-state index in [0.29, 0.717) is 30.9 Å². The summed E-state index contributed by atoms with van der Waals surface area (Å²) in [6.07, 6.45) is 9.75. The number of nitrogens with zero attached hydrogens (tertiary/aromatic N) is 3. The number of likely N-dealkylation sites (N-methyl/N-ethyl adjacent to an activating group) is 1.